The molecule has 0 amide bonds. The number of hydrogen-bond donors (Lipinski definition) is 1. The van der Waals surface area contributed by atoms with Crippen LogP contribution >= 0.6 is 0 Å². The number of aliphatic carboxylic acids is 1. The standard InChI is InChI=1S/C16H31NO7/c1-4-14(2)13-24-10-9-23-8-7-22-6-5-17(11-15(18)19)12-16(20)21-3/h14H,4-13H2,1-3H3,(H,18,19). The van der Waals surface area contributed by atoms with Crippen LogP contribution in [-0.4, -0.2) is 88.3 Å². The zero-order chi connectivity index (χ0) is 18.2. The average molecular weight is 349 g/mol. The van der Waals surface area contributed by atoms with Crippen molar-refractivity contribution in [2.45, 2.75) is 20.3 Å². The first-order valence-electron chi connectivity index (χ1n) is 8.23. The van der Waals surface area contributed by atoms with Crippen molar-refractivity contribution < 1.29 is 33.6 Å². The molecule has 1 N–H and O–H groups in total. The molecule has 0 aromatic heterocycles. The first kappa shape index (κ1) is 22.8. The van der Waals surface area contributed by atoms with Gasteiger partial charge in [-0.3, -0.25) is 14.5 Å². The quantitative estimate of drug-likeness (QED) is 0.320. The van der Waals surface area contributed by atoms with Gasteiger partial charge < -0.3 is 24.1 Å². The maximum atomic E-state index is 11.2. The van der Waals surface area contributed by atoms with E-state index in [9.17, 15) is 9.59 Å². The molecule has 0 rings (SSSR count). The summed E-state index contributed by atoms with van der Waals surface area (Å²) in [6.07, 6.45) is 1.10. The van der Waals surface area contributed by atoms with Gasteiger partial charge in [0.2, 0.25) is 0 Å². The molecule has 8 heteroatoms. The molecule has 0 spiro atoms. The predicted octanol–water partition coefficient (Wildman–Crippen LogP) is 0.642. The molecule has 0 aliphatic rings. The van der Waals surface area contributed by atoms with Crippen LogP contribution in [0.2, 0.25) is 0 Å². The second kappa shape index (κ2) is 15.3. The lowest BCUT2D eigenvalue weighted by atomic mass is 10.1. The van der Waals surface area contributed by atoms with Gasteiger partial charge in [-0.2, -0.15) is 0 Å². The van der Waals surface area contributed by atoms with E-state index < -0.39 is 11.9 Å². The third kappa shape index (κ3) is 14.4. The van der Waals surface area contributed by atoms with E-state index in [-0.39, 0.29) is 13.1 Å². The molecule has 1 atom stereocenters. The van der Waals surface area contributed by atoms with Gasteiger partial charge in [0.1, 0.15) is 0 Å². The molecule has 1 unspecified atom stereocenters. The van der Waals surface area contributed by atoms with E-state index in [2.05, 4.69) is 18.6 Å². The van der Waals surface area contributed by atoms with Gasteiger partial charge in [0.05, 0.1) is 53.2 Å². The van der Waals surface area contributed by atoms with Crippen LogP contribution in [0.1, 0.15) is 20.3 Å². The van der Waals surface area contributed by atoms with E-state index in [1.165, 1.54) is 12.0 Å². The molecule has 0 aromatic carbocycles. The number of hydrogen-bond acceptors (Lipinski definition) is 7. The van der Waals surface area contributed by atoms with Gasteiger partial charge in [-0.05, 0) is 5.92 Å². The normalized spacial score (nSPS) is 12.3. The SMILES string of the molecule is CCC(C)COCCOCCOCCN(CC(=O)O)CC(=O)OC. The summed E-state index contributed by atoms with van der Waals surface area (Å²) < 4.78 is 20.7. The summed E-state index contributed by atoms with van der Waals surface area (Å²) in [5, 5.41) is 8.80. The highest BCUT2D eigenvalue weighted by molar-refractivity contribution is 5.73. The van der Waals surface area contributed by atoms with Crippen LogP contribution in [0.4, 0.5) is 0 Å². The minimum atomic E-state index is -1.00. The number of carboxylic acids is 1. The lowest BCUT2D eigenvalue weighted by molar-refractivity contribution is -0.144. The highest BCUT2D eigenvalue weighted by Gasteiger charge is 2.13. The minimum absolute atomic E-state index is 0.0732. The smallest absolute Gasteiger partial charge is 0.319 e. The summed E-state index contributed by atoms with van der Waals surface area (Å²) in [6, 6.07) is 0. The Bertz CT molecular complexity index is 338. The van der Waals surface area contributed by atoms with Crippen LogP contribution in [0.5, 0.6) is 0 Å². The largest absolute Gasteiger partial charge is 0.480 e. The number of carboxylic acid groups (broad SMARTS) is 1. The van der Waals surface area contributed by atoms with Gasteiger partial charge in [0.25, 0.3) is 0 Å². The third-order valence-electron chi connectivity index (χ3n) is 3.33. The average Bonchev–Trinajstić information content (AvgIpc) is 2.55. The fourth-order valence-electron chi connectivity index (χ4n) is 1.69. The Morgan fingerprint density at radius 1 is 1.00 bits per heavy atom. The Hall–Kier alpha value is -1.22. The molecule has 0 saturated heterocycles. The van der Waals surface area contributed by atoms with Crippen LogP contribution < -0.4 is 0 Å². The van der Waals surface area contributed by atoms with Crippen molar-refractivity contribution in [3.8, 4) is 0 Å². The molecular weight excluding hydrogens is 318 g/mol. The summed E-state index contributed by atoms with van der Waals surface area (Å²) in [4.78, 5) is 23.4. The van der Waals surface area contributed by atoms with Crippen molar-refractivity contribution in [3.63, 3.8) is 0 Å². The number of nitrogens with zero attached hydrogens (tertiary/aromatic N) is 1. The Morgan fingerprint density at radius 2 is 1.58 bits per heavy atom. The summed E-state index contributed by atoms with van der Waals surface area (Å²) in [5.41, 5.74) is 0. The number of ether oxygens (including phenoxy) is 4. The van der Waals surface area contributed by atoms with Crippen molar-refractivity contribution in [2.75, 3.05) is 66.4 Å². The molecule has 0 aliphatic heterocycles. The monoisotopic (exact) mass is 349 g/mol. The molecule has 0 heterocycles. The van der Waals surface area contributed by atoms with Gasteiger partial charge >= 0.3 is 11.9 Å². The molecule has 0 saturated carbocycles. The van der Waals surface area contributed by atoms with Crippen molar-refractivity contribution in [1.82, 2.24) is 4.90 Å². The first-order chi connectivity index (χ1) is 11.5. The van der Waals surface area contributed by atoms with E-state index in [0.29, 0.717) is 45.5 Å². The number of esters is 1. The van der Waals surface area contributed by atoms with Crippen molar-refractivity contribution in [2.24, 2.45) is 5.92 Å². The van der Waals surface area contributed by atoms with Crippen LogP contribution in [-0.2, 0) is 28.5 Å². The molecule has 24 heavy (non-hydrogen) atoms. The summed E-state index contributed by atoms with van der Waals surface area (Å²) >= 11 is 0. The molecule has 0 aromatic rings. The maximum Gasteiger partial charge on any atom is 0.319 e. The first-order valence-corrected chi connectivity index (χ1v) is 8.23. The predicted molar refractivity (Wildman–Crippen MR) is 88.0 cm³/mol. The fraction of sp³-hybridized carbons (Fsp3) is 0.875. The van der Waals surface area contributed by atoms with Crippen LogP contribution in [0.15, 0.2) is 0 Å². The summed E-state index contributed by atoms with van der Waals surface area (Å²) in [5.74, 6) is -0.913. The zero-order valence-corrected chi connectivity index (χ0v) is 15.0. The molecule has 8 nitrogen and oxygen atoms in total. The van der Waals surface area contributed by atoms with Crippen molar-refractivity contribution in [3.05, 3.63) is 0 Å². The Balaban J connectivity index is 3.57. The Labute approximate surface area is 144 Å². The molecule has 0 bridgehead atoms. The number of carbonyl (C=O) groups excluding carboxylic acids is 1. The van der Waals surface area contributed by atoms with Crippen molar-refractivity contribution in [1.29, 1.82) is 0 Å². The van der Waals surface area contributed by atoms with E-state index >= 15 is 0 Å². The Kier molecular flexibility index (Phi) is 14.5. The van der Waals surface area contributed by atoms with Crippen LogP contribution in [0, 0.1) is 5.92 Å². The number of rotatable bonds is 16. The molecular formula is C16H31NO7. The van der Waals surface area contributed by atoms with Crippen LogP contribution in [0.3, 0.4) is 0 Å². The molecule has 0 aliphatic carbocycles. The number of carbonyl (C=O) groups is 2. The lowest BCUT2D eigenvalue weighted by Gasteiger charge is -2.18. The second-order valence-electron chi connectivity index (χ2n) is 5.49. The van der Waals surface area contributed by atoms with E-state index in [1.807, 2.05) is 0 Å². The second-order valence-corrected chi connectivity index (χ2v) is 5.49. The van der Waals surface area contributed by atoms with Gasteiger partial charge in [-0.15, -0.1) is 0 Å². The topological polar surface area (TPSA) is 94.5 Å². The maximum absolute atomic E-state index is 11.2. The van der Waals surface area contributed by atoms with E-state index in [4.69, 9.17) is 19.3 Å². The molecule has 142 valence electrons. The highest BCUT2D eigenvalue weighted by Crippen LogP contribution is 2.00. The Morgan fingerprint density at radius 3 is 2.12 bits per heavy atom. The highest BCUT2D eigenvalue weighted by atomic mass is 16.5. The zero-order valence-electron chi connectivity index (χ0n) is 15.0. The van der Waals surface area contributed by atoms with Crippen LogP contribution in [0.25, 0.3) is 0 Å². The third-order valence-corrected chi connectivity index (χ3v) is 3.33. The van der Waals surface area contributed by atoms with Crippen molar-refractivity contribution >= 4 is 11.9 Å². The fourth-order valence-corrected chi connectivity index (χ4v) is 1.69. The van der Waals surface area contributed by atoms with Gasteiger partial charge in [-0.25, -0.2) is 0 Å². The minimum Gasteiger partial charge on any atom is -0.480 e. The van der Waals surface area contributed by atoms with E-state index in [0.717, 1.165) is 13.0 Å². The molecule has 0 radical (unpaired) electrons. The van der Waals surface area contributed by atoms with Gasteiger partial charge in [0.15, 0.2) is 0 Å². The molecule has 0 fully saturated rings. The van der Waals surface area contributed by atoms with E-state index in [1.54, 1.807) is 0 Å². The number of methoxy groups -OCH3 is 1. The summed E-state index contributed by atoms with van der Waals surface area (Å²) in [6.45, 7) is 7.30. The summed E-state index contributed by atoms with van der Waals surface area (Å²) in [7, 11) is 1.27. The van der Waals surface area contributed by atoms with Gasteiger partial charge in [-0.1, -0.05) is 20.3 Å². The lowest BCUT2D eigenvalue weighted by Crippen LogP contribution is -2.37. The van der Waals surface area contributed by atoms with Gasteiger partial charge in [0, 0.05) is 13.2 Å².